The minimum absolute atomic E-state index is 0.0175. The molecule has 18 heavy (non-hydrogen) atoms. The molecule has 0 unspecified atom stereocenters. The second kappa shape index (κ2) is 5.64. The Morgan fingerprint density at radius 3 is 3.00 bits per heavy atom. The summed E-state index contributed by atoms with van der Waals surface area (Å²) in [6.07, 6.45) is 1.95. The molecule has 0 spiro atoms. The van der Waals surface area contributed by atoms with Gasteiger partial charge in [-0.05, 0) is 36.6 Å². The highest BCUT2D eigenvalue weighted by atomic mass is 16.3. The van der Waals surface area contributed by atoms with E-state index in [1.165, 1.54) is 0 Å². The molecule has 0 bridgehead atoms. The number of hydrogen-bond donors (Lipinski definition) is 3. The smallest absolute Gasteiger partial charge is 0.224 e. The molecule has 1 aliphatic rings. The van der Waals surface area contributed by atoms with Gasteiger partial charge in [-0.3, -0.25) is 9.59 Å². The third-order valence-corrected chi connectivity index (χ3v) is 2.85. The highest BCUT2D eigenvalue weighted by Gasteiger charge is 2.15. The molecule has 1 aliphatic heterocycles. The van der Waals surface area contributed by atoms with Gasteiger partial charge in [0, 0.05) is 30.8 Å². The van der Waals surface area contributed by atoms with Gasteiger partial charge in [0.2, 0.25) is 11.8 Å². The number of aryl methyl sites for hydroxylation is 1. The van der Waals surface area contributed by atoms with Gasteiger partial charge in [0.15, 0.2) is 0 Å². The number of aliphatic hydroxyl groups excluding tert-OH is 1. The third kappa shape index (κ3) is 3.07. The summed E-state index contributed by atoms with van der Waals surface area (Å²) < 4.78 is 0. The lowest BCUT2D eigenvalue weighted by atomic mass is 10.0. The molecule has 2 rings (SSSR count). The number of amides is 2. The average molecular weight is 248 g/mol. The Bertz CT molecular complexity index is 471. The lowest BCUT2D eigenvalue weighted by molar-refractivity contribution is -0.117. The van der Waals surface area contributed by atoms with Crippen molar-refractivity contribution in [3.63, 3.8) is 0 Å². The molecule has 0 saturated carbocycles. The topological polar surface area (TPSA) is 78.4 Å². The van der Waals surface area contributed by atoms with Gasteiger partial charge in [0.1, 0.15) is 0 Å². The summed E-state index contributed by atoms with van der Waals surface area (Å²) in [5.74, 6) is -0.0777. The Hall–Kier alpha value is -1.88. The fourth-order valence-corrected chi connectivity index (χ4v) is 1.92. The van der Waals surface area contributed by atoms with Crippen LogP contribution in [0.5, 0.6) is 0 Å². The number of carbonyl (C=O) groups excluding carboxylic acids is 2. The average Bonchev–Trinajstić information content (AvgIpc) is 2.36. The number of rotatable bonds is 4. The molecule has 0 aliphatic carbocycles. The number of anilines is 2. The van der Waals surface area contributed by atoms with Crippen LogP contribution in [0.4, 0.5) is 11.4 Å². The van der Waals surface area contributed by atoms with Crippen LogP contribution in [-0.4, -0.2) is 23.5 Å². The molecule has 1 aromatic carbocycles. The minimum Gasteiger partial charge on any atom is -0.396 e. The molecule has 1 heterocycles. The Labute approximate surface area is 105 Å². The van der Waals surface area contributed by atoms with Gasteiger partial charge in [-0.2, -0.15) is 0 Å². The van der Waals surface area contributed by atoms with Gasteiger partial charge in [0.25, 0.3) is 0 Å². The van der Waals surface area contributed by atoms with Crippen LogP contribution in [0, 0.1) is 0 Å². The molecule has 0 atom stereocenters. The first-order chi connectivity index (χ1) is 8.69. The fraction of sp³-hybridized carbons (Fsp3) is 0.385. The van der Waals surface area contributed by atoms with Crippen molar-refractivity contribution < 1.29 is 14.7 Å². The summed E-state index contributed by atoms with van der Waals surface area (Å²) in [4.78, 5) is 22.7. The van der Waals surface area contributed by atoms with Gasteiger partial charge in [0.05, 0.1) is 0 Å². The van der Waals surface area contributed by atoms with E-state index in [1.807, 2.05) is 6.07 Å². The second-order valence-corrected chi connectivity index (χ2v) is 4.30. The number of carbonyl (C=O) groups is 2. The van der Waals surface area contributed by atoms with E-state index < -0.39 is 0 Å². The number of aliphatic hydroxyl groups is 1. The van der Waals surface area contributed by atoms with Crippen molar-refractivity contribution in [1.82, 2.24) is 0 Å². The monoisotopic (exact) mass is 248 g/mol. The standard InChI is InChI=1S/C13H16N2O3/c16-7-1-2-12(17)14-10-4-5-11-9(8-10)3-6-13(18)15-11/h4-5,8,16H,1-3,6-7H2,(H,14,17)(H,15,18). The summed E-state index contributed by atoms with van der Waals surface area (Å²) in [5.41, 5.74) is 2.59. The Kier molecular flexibility index (Phi) is 3.94. The molecule has 2 amide bonds. The molecule has 96 valence electrons. The summed E-state index contributed by atoms with van der Waals surface area (Å²) in [6.45, 7) is 0.0175. The van der Waals surface area contributed by atoms with Crippen LogP contribution in [0.3, 0.4) is 0 Å². The van der Waals surface area contributed by atoms with Crippen LogP contribution in [0.1, 0.15) is 24.8 Å². The summed E-state index contributed by atoms with van der Waals surface area (Å²) in [6, 6.07) is 5.45. The van der Waals surface area contributed by atoms with Crippen LogP contribution in [-0.2, 0) is 16.0 Å². The van der Waals surface area contributed by atoms with Gasteiger partial charge >= 0.3 is 0 Å². The first-order valence-electron chi connectivity index (χ1n) is 6.02. The highest BCUT2D eigenvalue weighted by molar-refractivity contribution is 5.95. The summed E-state index contributed by atoms with van der Waals surface area (Å²) in [5, 5.41) is 14.2. The summed E-state index contributed by atoms with van der Waals surface area (Å²) >= 11 is 0. The van der Waals surface area contributed by atoms with E-state index in [-0.39, 0.29) is 18.4 Å². The maximum absolute atomic E-state index is 11.5. The predicted molar refractivity (Wildman–Crippen MR) is 68.3 cm³/mol. The molecule has 0 saturated heterocycles. The normalized spacial score (nSPS) is 13.7. The first kappa shape index (κ1) is 12.6. The lowest BCUT2D eigenvalue weighted by Crippen LogP contribution is -2.19. The highest BCUT2D eigenvalue weighted by Crippen LogP contribution is 2.25. The maximum atomic E-state index is 11.5. The number of hydrogen-bond acceptors (Lipinski definition) is 3. The van der Waals surface area contributed by atoms with E-state index in [0.29, 0.717) is 25.7 Å². The zero-order valence-corrected chi connectivity index (χ0v) is 10.0. The van der Waals surface area contributed by atoms with Gasteiger partial charge in [-0.1, -0.05) is 0 Å². The van der Waals surface area contributed by atoms with Gasteiger partial charge in [-0.25, -0.2) is 0 Å². The van der Waals surface area contributed by atoms with Crippen molar-refractivity contribution in [3.8, 4) is 0 Å². The number of nitrogens with one attached hydrogen (secondary N) is 2. The number of benzene rings is 1. The van der Waals surface area contributed by atoms with Crippen molar-refractivity contribution in [3.05, 3.63) is 23.8 Å². The molecular formula is C13H16N2O3. The number of fused-ring (bicyclic) bond motifs is 1. The minimum atomic E-state index is -0.108. The molecule has 1 aromatic rings. The fourth-order valence-electron chi connectivity index (χ4n) is 1.92. The quantitative estimate of drug-likeness (QED) is 0.751. The predicted octanol–water partition coefficient (Wildman–Crippen LogP) is 1.28. The van der Waals surface area contributed by atoms with E-state index in [2.05, 4.69) is 10.6 Å². The van der Waals surface area contributed by atoms with Crippen LogP contribution in [0.2, 0.25) is 0 Å². The van der Waals surface area contributed by atoms with Crippen LogP contribution in [0.15, 0.2) is 18.2 Å². The van der Waals surface area contributed by atoms with E-state index in [4.69, 9.17) is 5.11 Å². The van der Waals surface area contributed by atoms with Crippen molar-refractivity contribution in [1.29, 1.82) is 0 Å². The van der Waals surface area contributed by atoms with Crippen LogP contribution >= 0.6 is 0 Å². The van der Waals surface area contributed by atoms with Crippen molar-refractivity contribution >= 4 is 23.2 Å². The SMILES string of the molecule is O=C(CCCO)Nc1ccc2c(c1)CCC(=O)N2. The Morgan fingerprint density at radius 2 is 2.22 bits per heavy atom. The zero-order valence-electron chi connectivity index (χ0n) is 10.0. The third-order valence-electron chi connectivity index (χ3n) is 2.85. The van der Waals surface area contributed by atoms with Crippen molar-refractivity contribution in [2.75, 3.05) is 17.2 Å². The van der Waals surface area contributed by atoms with Crippen LogP contribution < -0.4 is 10.6 Å². The van der Waals surface area contributed by atoms with E-state index >= 15 is 0 Å². The molecule has 5 nitrogen and oxygen atoms in total. The molecule has 5 heteroatoms. The molecule has 0 aromatic heterocycles. The van der Waals surface area contributed by atoms with Gasteiger partial charge in [-0.15, -0.1) is 0 Å². The second-order valence-electron chi connectivity index (χ2n) is 4.30. The first-order valence-corrected chi connectivity index (χ1v) is 6.02. The van der Waals surface area contributed by atoms with Crippen molar-refractivity contribution in [2.45, 2.75) is 25.7 Å². The summed E-state index contributed by atoms with van der Waals surface area (Å²) in [7, 11) is 0. The van der Waals surface area contributed by atoms with Crippen molar-refractivity contribution in [2.24, 2.45) is 0 Å². The lowest BCUT2D eigenvalue weighted by Gasteiger charge is -2.17. The zero-order chi connectivity index (χ0) is 13.0. The molecular weight excluding hydrogens is 232 g/mol. The molecule has 0 fully saturated rings. The molecule has 0 radical (unpaired) electrons. The van der Waals surface area contributed by atoms with E-state index in [1.54, 1.807) is 12.1 Å². The van der Waals surface area contributed by atoms with E-state index in [0.717, 1.165) is 16.9 Å². The van der Waals surface area contributed by atoms with Gasteiger partial charge < -0.3 is 15.7 Å². The van der Waals surface area contributed by atoms with Crippen LogP contribution in [0.25, 0.3) is 0 Å². The van der Waals surface area contributed by atoms with E-state index in [9.17, 15) is 9.59 Å². The Balaban J connectivity index is 2.03. The molecule has 3 N–H and O–H groups in total. The Morgan fingerprint density at radius 1 is 1.39 bits per heavy atom. The maximum Gasteiger partial charge on any atom is 0.224 e. The largest absolute Gasteiger partial charge is 0.396 e.